The smallest absolute Gasteiger partial charge is 0.404 e. The summed E-state index contributed by atoms with van der Waals surface area (Å²) >= 11 is 0. The molecule has 0 heterocycles. The van der Waals surface area contributed by atoms with E-state index in [9.17, 15) is 4.79 Å². The molecule has 3 heteroatoms. The largest absolute Gasteiger partial charge is 0.465 e. The number of carbonyl (C=O) groups is 1. The van der Waals surface area contributed by atoms with Crippen LogP contribution in [0, 0.1) is 0 Å². The van der Waals surface area contributed by atoms with E-state index in [4.69, 9.17) is 5.11 Å². The quantitative estimate of drug-likeness (QED) is 0.476. The van der Waals surface area contributed by atoms with Gasteiger partial charge in [0.05, 0.1) is 0 Å². The van der Waals surface area contributed by atoms with Gasteiger partial charge in [-0.2, -0.15) is 0 Å². The summed E-state index contributed by atoms with van der Waals surface area (Å²) in [5.74, 6) is 0. The molecular formula is C9H17NO2. The average molecular weight is 171 g/mol. The number of nitrogens with one attached hydrogen (secondary N) is 1. The Balaban J connectivity index is 3.00. The van der Waals surface area contributed by atoms with Crippen molar-refractivity contribution >= 4 is 6.09 Å². The average Bonchev–Trinajstić information content (AvgIpc) is 2.02. The highest BCUT2D eigenvalue weighted by molar-refractivity contribution is 5.64. The highest BCUT2D eigenvalue weighted by Gasteiger charge is 1.91. The molecule has 70 valence electrons. The van der Waals surface area contributed by atoms with Crippen molar-refractivity contribution in [3.63, 3.8) is 0 Å². The van der Waals surface area contributed by atoms with Gasteiger partial charge in [-0.15, -0.1) is 0 Å². The van der Waals surface area contributed by atoms with Crippen LogP contribution in [-0.2, 0) is 0 Å². The highest BCUT2D eigenvalue weighted by Crippen LogP contribution is 1.95. The summed E-state index contributed by atoms with van der Waals surface area (Å²) in [6, 6.07) is 0. The maximum Gasteiger partial charge on any atom is 0.404 e. The number of rotatable bonds is 6. The second kappa shape index (κ2) is 8.11. The molecular weight excluding hydrogens is 154 g/mol. The summed E-state index contributed by atoms with van der Waals surface area (Å²) in [5.41, 5.74) is 0. The Morgan fingerprint density at radius 3 is 2.75 bits per heavy atom. The van der Waals surface area contributed by atoms with Crippen molar-refractivity contribution in [3.05, 3.63) is 12.2 Å². The molecule has 3 nitrogen and oxygen atoms in total. The van der Waals surface area contributed by atoms with Crippen molar-refractivity contribution in [3.8, 4) is 0 Å². The van der Waals surface area contributed by atoms with E-state index < -0.39 is 6.09 Å². The zero-order valence-electron chi connectivity index (χ0n) is 7.55. The van der Waals surface area contributed by atoms with Crippen molar-refractivity contribution in [1.29, 1.82) is 0 Å². The molecule has 0 aromatic rings. The van der Waals surface area contributed by atoms with Gasteiger partial charge in [-0.3, -0.25) is 0 Å². The molecule has 0 saturated heterocycles. The van der Waals surface area contributed by atoms with Crippen LogP contribution < -0.4 is 5.32 Å². The van der Waals surface area contributed by atoms with Crippen LogP contribution in [0.3, 0.4) is 0 Å². The van der Waals surface area contributed by atoms with Gasteiger partial charge in [-0.05, 0) is 25.7 Å². The Kier molecular flexibility index (Phi) is 7.44. The summed E-state index contributed by atoms with van der Waals surface area (Å²) in [4.78, 5) is 10.0. The van der Waals surface area contributed by atoms with Crippen LogP contribution in [0.1, 0.15) is 32.6 Å². The van der Waals surface area contributed by atoms with Crippen LogP contribution in [0.4, 0.5) is 4.79 Å². The molecule has 0 rings (SSSR count). The van der Waals surface area contributed by atoms with E-state index in [1.807, 2.05) is 0 Å². The maximum absolute atomic E-state index is 10.0. The molecule has 0 aromatic heterocycles. The van der Waals surface area contributed by atoms with Gasteiger partial charge in [0.2, 0.25) is 0 Å². The molecule has 2 N–H and O–H groups in total. The van der Waals surface area contributed by atoms with Gasteiger partial charge in [0.1, 0.15) is 0 Å². The molecule has 0 fully saturated rings. The Morgan fingerprint density at radius 2 is 2.17 bits per heavy atom. The van der Waals surface area contributed by atoms with E-state index in [2.05, 4.69) is 24.4 Å². The van der Waals surface area contributed by atoms with E-state index >= 15 is 0 Å². The lowest BCUT2D eigenvalue weighted by Crippen LogP contribution is -2.21. The number of hydrogen-bond donors (Lipinski definition) is 2. The van der Waals surface area contributed by atoms with E-state index in [0.717, 1.165) is 25.7 Å². The third kappa shape index (κ3) is 9.01. The topological polar surface area (TPSA) is 49.3 Å². The number of carboxylic acid groups (broad SMARTS) is 1. The number of unbranched alkanes of at least 4 members (excludes halogenated alkanes) is 2. The first-order valence-corrected chi connectivity index (χ1v) is 4.39. The molecule has 0 radical (unpaired) electrons. The number of amides is 1. The Morgan fingerprint density at radius 1 is 1.42 bits per heavy atom. The van der Waals surface area contributed by atoms with Gasteiger partial charge in [0.15, 0.2) is 0 Å². The Bertz CT molecular complexity index is 143. The molecule has 1 amide bonds. The summed E-state index contributed by atoms with van der Waals surface area (Å²) < 4.78 is 0. The van der Waals surface area contributed by atoms with Crippen LogP contribution in [0.25, 0.3) is 0 Å². The van der Waals surface area contributed by atoms with Crippen molar-refractivity contribution in [2.24, 2.45) is 0 Å². The molecule has 0 unspecified atom stereocenters. The van der Waals surface area contributed by atoms with Gasteiger partial charge < -0.3 is 10.4 Å². The first-order chi connectivity index (χ1) is 5.77. The van der Waals surface area contributed by atoms with E-state index in [0.29, 0.717) is 6.54 Å². The lowest BCUT2D eigenvalue weighted by atomic mass is 10.2. The minimum Gasteiger partial charge on any atom is -0.465 e. The monoisotopic (exact) mass is 171 g/mol. The van der Waals surface area contributed by atoms with Crippen LogP contribution in [0.15, 0.2) is 12.2 Å². The molecule has 0 saturated carbocycles. The van der Waals surface area contributed by atoms with Gasteiger partial charge in [0.25, 0.3) is 0 Å². The molecule has 12 heavy (non-hydrogen) atoms. The normalized spacial score (nSPS) is 10.4. The van der Waals surface area contributed by atoms with Gasteiger partial charge in [-0.25, -0.2) is 4.79 Å². The standard InChI is InChI=1S/C9H17NO2/c1-2-3-4-5-6-7-8-10-9(11)12/h3-4,10H,2,5-8H2,1H3,(H,11,12)/b4-3-. The van der Waals surface area contributed by atoms with Crippen molar-refractivity contribution in [2.45, 2.75) is 32.6 Å². The summed E-state index contributed by atoms with van der Waals surface area (Å²) in [5, 5.41) is 10.6. The predicted octanol–water partition coefficient (Wildman–Crippen LogP) is 2.39. The second-order valence-corrected chi connectivity index (χ2v) is 2.61. The first kappa shape index (κ1) is 11.0. The third-order valence-electron chi connectivity index (χ3n) is 1.48. The van der Waals surface area contributed by atoms with Gasteiger partial charge in [-0.1, -0.05) is 19.1 Å². The van der Waals surface area contributed by atoms with E-state index in [1.54, 1.807) is 0 Å². The second-order valence-electron chi connectivity index (χ2n) is 2.61. The lowest BCUT2D eigenvalue weighted by molar-refractivity contribution is 0.194. The van der Waals surface area contributed by atoms with Crippen LogP contribution in [0.2, 0.25) is 0 Å². The Hall–Kier alpha value is -0.990. The third-order valence-corrected chi connectivity index (χ3v) is 1.48. The summed E-state index contributed by atoms with van der Waals surface area (Å²) in [6.45, 7) is 2.66. The molecule has 0 atom stereocenters. The lowest BCUT2D eigenvalue weighted by Gasteiger charge is -1.97. The zero-order chi connectivity index (χ0) is 9.23. The fraction of sp³-hybridized carbons (Fsp3) is 0.667. The minimum absolute atomic E-state index is 0.565. The summed E-state index contributed by atoms with van der Waals surface area (Å²) in [7, 11) is 0. The molecule has 0 aliphatic heterocycles. The molecule has 0 spiro atoms. The number of allylic oxidation sites excluding steroid dienone is 2. The number of hydrogen-bond acceptors (Lipinski definition) is 1. The molecule has 0 bridgehead atoms. The van der Waals surface area contributed by atoms with Gasteiger partial charge >= 0.3 is 6.09 Å². The van der Waals surface area contributed by atoms with Crippen molar-refractivity contribution < 1.29 is 9.90 Å². The highest BCUT2D eigenvalue weighted by atomic mass is 16.4. The van der Waals surface area contributed by atoms with Crippen molar-refractivity contribution in [1.82, 2.24) is 5.32 Å². The molecule has 0 aliphatic carbocycles. The Labute approximate surface area is 73.5 Å². The van der Waals surface area contributed by atoms with Crippen LogP contribution >= 0.6 is 0 Å². The SMILES string of the molecule is CC/C=C\CCCCNC(=O)O. The minimum atomic E-state index is -0.931. The summed E-state index contributed by atoms with van der Waals surface area (Å²) in [6.07, 6.45) is 7.43. The van der Waals surface area contributed by atoms with E-state index in [1.165, 1.54) is 0 Å². The fourth-order valence-corrected chi connectivity index (χ4v) is 0.867. The first-order valence-electron chi connectivity index (χ1n) is 4.39. The maximum atomic E-state index is 10.0. The molecule has 0 aromatic carbocycles. The van der Waals surface area contributed by atoms with Crippen LogP contribution in [0.5, 0.6) is 0 Å². The van der Waals surface area contributed by atoms with Gasteiger partial charge in [0, 0.05) is 6.54 Å². The van der Waals surface area contributed by atoms with Crippen LogP contribution in [-0.4, -0.2) is 17.7 Å². The zero-order valence-corrected chi connectivity index (χ0v) is 7.55. The van der Waals surface area contributed by atoms with E-state index in [-0.39, 0.29) is 0 Å². The fourth-order valence-electron chi connectivity index (χ4n) is 0.867. The van der Waals surface area contributed by atoms with Crippen molar-refractivity contribution in [2.75, 3.05) is 6.54 Å². The predicted molar refractivity (Wildman–Crippen MR) is 49.3 cm³/mol. The molecule has 0 aliphatic rings.